The predicted octanol–water partition coefficient (Wildman–Crippen LogP) is 1.41. The largest absolute Gasteiger partial charge is 0.497 e. The molecule has 120 valence electrons. The van der Waals surface area contributed by atoms with Crippen LogP contribution in [-0.4, -0.2) is 39.0 Å². The minimum absolute atomic E-state index is 0.433. The molecule has 1 aromatic carbocycles. The maximum atomic E-state index is 10.8. The van der Waals surface area contributed by atoms with Crippen molar-refractivity contribution in [3.63, 3.8) is 0 Å². The Kier molecular flexibility index (Phi) is 4.98. The fourth-order valence-corrected chi connectivity index (χ4v) is 1.85. The molecule has 0 aliphatic rings. The van der Waals surface area contributed by atoms with Crippen LogP contribution in [0.5, 0.6) is 5.75 Å². The van der Waals surface area contributed by atoms with Crippen molar-refractivity contribution < 1.29 is 24.5 Å². The number of hydrogen-bond donors (Lipinski definition) is 3. The van der Waals surface area contributed by atoms with Crippen molar-refractivity contribution >= 4 is 17.8 Å². The SMILES string of the molecule is COc1ccc(Cn2nccc2NC=C(C(=O)O)C(=O)O)cc1. The summed E-state index contributed by atoms with van der Waals surface area (Å²) in [5, 5.41) is 24.4. The van der Waals surface area contributed by atoms with Crippen molar-refractivity contribution in [2.75, 3.05) is 12.4 Å². The van der Waals surface area contributed by atoms with E-state index in [1.54, 1.807) is 17.9 Å². The minimum Gasteiger partial charge on any atom is -0.497 e. The smallest absolute Gasteiger partial charge is 0.344 e. The lowest BCUT2D eigenvalue weighted by Crippen LogP contribution is -2.14. The third-order valence-electron chi connectivity index (χ3n) is 3.03. The maximum absolute atomic E-state index is 10.8. The monoisotopic (exact) mass is 317 g/mol. The predicted molar refractivity (Wildman–Crippen MR) is 81.3 cm³/mol. The molecule has 0 fully saturated rings. The highest BCUT2D eigenvalue weighted by molar-refractivity contribution is 6.12. The first kappa shape index (κ1) is 16.1. The number of hydrogen-bond acceptors (Lipinski definition) is 5. The Labute approximate surface area is 131 Å². The molecule has 0 saturated heterocycles. The zero-order valence-corrected chi connectivity index (χ0v) is 12.3. The number of carbonyl (C=O) groups is 2. The topological polar surface area (TPSA) is 114 Å². The summed E-state index contributed by atoms with van der Waals surface area (Å²) in [7, 11) is 1.58. The van der Waals surface area contributed by atoms with Crippen LogP contribution in [0.3, 0.4) is 0 Å². The molecule has 0 spiro atoms. The molecule has 1 heterocycles. The van der Waals surface area contributed by atoms with E-state index in [1.807, 2.05) is 24.3 Å². The van der Waals surface area contributed by atoms with Crippen LogP contribution < -0.4 is 10.1 Å². The lowest BCUT2D eigenvalue weighted by Gasteiger charge is -2.08. The average Bonchev–Trinajstić information content (AvgIpc) is 2.95. The van der Waals surface area contributed by atoms with Gasteiger partial charge in [0.15, 0.2) is 5.57 Å². The summed E-state index contributed by atoms with van der Waals surface area (Å²) in [6, 6.07) is 9.00. The average molecular weight is 317 g/mol. The zero-order chi connectivity index (χ0) is 16.8. The fourth-order valence-electron chi connectivity index (χ4n) is 1.85. The number of rotatable bonds is 7. The third kappa shape index (κ3) is 4.10. The molecule has 2 rings (SSSR count). The normalized spacial score (nSPS) is 9.96. The molecule has 0 bridgehead atoms. The van der Waals surface area contributed by atoms with Gasteiger partial charge in [0, 0.05) is 12.3 Å². The summed E-state index contributed by atoms with van der Waals surface area (Å²) in [5.74, 6) is -1.83. The Morgan fingerprint density at radius 1 is 1.22 bits per heavy atom. The van der Waals surface area contributed by atoms with E-state index in [9.17, 15) is 9.59 Å². The molecule has 0 atom stereocenters. The van der Waals surface area contributed by atoms with Crippen LogP contribution in [0.1, 0.15) is 5.56 Å². The summed E-state index contributed by atoms with van der Waals surface area (Å²) >= 11 is 0. The van der Waals surface area contributed by atoms with E-state index >= 15 is 0 Å². The molecule has 1 aromatic heterocycles. The molecule has 0 aliphatic heterocycles. The molecular weight excluding hydrogens is 302 g/mol. The van der Waals surface area contributed by atoms with Crippen LogP contribution in [0.15, 0.2) is 48.3 Å². The molecule has 0 unspecified atom stereocenters. The van der Waals surface area contributed by atoms with Gasteiger partial charge in [-0.1, -0.05) is 12.1 Å². The van der Waals surface area contributed by atoms with Gasteiger partial charge in [0.2, 0.25) is 0 Å². The molecule has 2 aromatic rings. The second kappa shape index (κ2) is 7.12. The summed E-state index contributed by atoms with van der Waals surface area (Å²) in [6.07, 6.45) is 2.45. The second-order valence-corrected chi connectivity index (χ2v) is 4.53. The molecule has 0 amide bonds. The first-order valence-electron chi connectivity index (χ1n) is 6.59. The van der Waals surface area contributed by atoms with Crippen LogP contribution in [0.4, 0.5) is 5.82 Å². The van der Waals surface area contributed by atoms with Gasteiger partial charge in [-0.25, -0.2) is 14.3 Å². The van der Waals surface area contributed by atoms with Gasteiger partial charge < -0.3 is 20.3 Å². The van der Waals surface area contributed by atoms with Crippen molar-refractivity contribution in [2.24, 2.45) is 0 Å². The van der Waals surface area contributed by atoms with Gasteiger partial charge in [-0.05, 0) is 17.7 Å². The number of nitrogens with zero attached hydrogens (tertiary/aromatic N) is 2. The molecule has 0 saturated carbocycles. The fraction of sp³-hybridized carbons (Fsp3) is 0.133. The van der Waals surface area contributed by atoms with Crippen LogP contribution in [-0.2, 0) is 16.1 Å². The number of aliphatic carboxylic acids is 2. The first-order valence-corrected chi connectivity index (χ1v) is 6.59. The molecule has 0 radical (unpaired) electrons. The Bertz CT molecular complexity index is 718. The Hall–Kier alpha value is -3.29. The van der Waals surface area contributed by atoms with Crippen LogP contribution >= 0.6 is 0 Å². The highest BCUT2D eigenvalue weighted by atomic mass is 16.5. The Morgan fingerprint density at radius 3 is 2.43 bits per heavy atom. The number of carboxylic acid groups (broad SMARTS) is 2. The van der Waals surface area contributed by atoms with Crippen LogP contribution in [0.25, 0.3) is 0 Å². The van der Waals surface area contributed by atoms with E-state index in [-0.39, 0.29) is 0 Å². The summed E-state index contributed by atoms with van der Waals surface area (Å²) in [6.45, 7) is 0.433. The molecule has 3 N–H and O–H groups in total. The van der Waals surface area contributed by atoms with Gasteiger partial charge in [0.25, 0.3) is 0 Å². The quantitative estimate of drug-likeness (QED) is 0.402. The third-order valence-corrected chi connectivity index (χ3v) is 3.03. The Morgan fingerprint density at radius 2 is 1.87 bits per heavy atom. The van der Waals surface area contributed by atoms with Crippen LogP contribution in [0.2, 0.25) is 0 Å². The number of methoxy groups -OCH3 is 1. The number of anilines is 1. The van der Waals surface area contributed by atoms with Gasteiger partial charge in [-0.15, -0.1) is 0 Å². The van der Waals surface area contributed by atoms with Gasteiger partial charge in [-0.3, -0.25) is 0 Å². The molecule has 8 nitrogen and oxygen atoms in total. The van der Waals surface area contributed by atoms with E-state index in [4.69, 9.17) is 14.9 Å². The van der Waals surface area contributed by atoms with Gasteiger partial charge in [0.05, 0.1) is 19.9 Å². The maximum Gasteiger partial charge on any atom is 0.344 e. The number of benzene rings is 1. The van der Waals surface area contributed by atoms with E-state index in [2.05, 4.69) is 10.4 Å². The minimum atomic E-state index is -1.52. The van der Waals surface area contributed by atoms with E-state index in [0.717, 1.165) is 17.5 Å². The standard InChI is InChI=1S/C15H15N3O5/c1-23-11-4-2-10(3-5-11)9-18-13(6-7-17-18)16-8-12(14(19)20)15(21)22/h2-8,16H,9H2,1H3,(H,19,20)(H,21,22). The van der Waals surface area contributed by atoms with Crippen molar-refractivity contribution in [3.8, 4) is 5.75 Å². The summed E-state index contributed by atoms with van der Waals surface area (Å²) in [5.41, 5.74) is 0.195. The first-order chi connectivity index (χ1) is 11.0. The van der Waals surface area contributed by atoms with E-state index < -0.39 is 17.5 Å². The van der Waals surface area contributed by atoms with E-state index in [1.165, 1.54) is 6.20 Å². The van der Waals surface area contributed by atoms with E-state index in [0.29, 0.717) is 12.4 Å². The highest BCUT2D eigenvalue weighted by Gasteiger charge is 2.16. The van der Waals surface area contributed by atoms with Gasteiger partial charge >= 0.3 is 11.9 Å². The van der Waals surface area contributed by atoms with Gasteiger partial charge in [0.1, 0.15) is 11.6 Å². The van der Waals surface area contributed by atoms with Crippen molar-refractivity contribution in [2.45, 2.75) is 6.54 Å². The highest BCUT2D eigenvalue weighted by Crippen LogP contribution is 2.15. The van der Waals surface area contributed by atoms with Gasteiger partial charge in [-0.2, -0.15) is 5.10 Å². The molecule has 8 heteroatoms. The number of carboxylic acids is 2. The lowest BCUT2D eigenvalue weighted by atomic mass is 10.2. The molecule has 0 aliphatic carbocycles. The lowest BCUT2D eigenvalue weighted by molar-refractivity contribution is -0.140. The van der Waals surface area contributed by atoms with Crippen molar-refractivity contribution in [1.29, 1.82) is 0 Å². The van der Waals surface area contributed by atoms with Crippen molar-refractivity contribution in [1.82, 2.24) is 9.78 Å². The Balaban J connectivity index is 2.14. The number of ether oxygens (including phenoxy) is 1. The molecule has 23 heavy (non-hydrogen) atoms. The van der Waals surface area contributed by atoms with Crippen LogP contribution in [0, 0.1) is 0 Å². The number of nitrogens with one attached hydrogen (secondary N) is 1. The van der Waals surface area contributed by atoms with Crippen molar-refractivity contribution in [3.05, 3.63) is 53.9 Å². The summed E-state index contributed by atoms with van der Waals surface area (Å²) in [4.78, 5) is 21.6. The second-order valence-electron chi connectivity index (χ2n) is 4.53. The summed E-state index contributed by atoms with van der Waals surface area (Å²) < 4.78 is 6.67. The number of aromatic nitrogens is 2. The molecular formula is C15H15N3O5. The zero-order valence-electron chi connectivity index (χ0n) is 12.3.